The van der Waals surface area contributed by atoms with Crippen molar-refractivity contribution >= 4 is 23.1 Å². The van der Waals surface area contributed by atoms with Crippen molar-refractivity contribution in [2.45, 2.75) is 13.0 Å². The van der Waals surface area contributed by atoms with Crippen LogP contribution in [0.15, 0.2) is 35.8 Å². The van der Waals surface area contributed by atoms with E-state index in [0.717, 1.165) is 42.6 Å². The molecule has 1 aliphatic rings. The third kappa shape index (κ3) is 4.05. The van der Waals surface area contributed by atoms with E-state index in [1.165, 1.54) is 0 Å². The molecule has 22 heavy (non-hydrogen) atoms. The zero-order valence-corrected chi connectivity index (χ0v) is 13.1. The van der Waals surface area contributed by atoms with Crippen LogP contribution in [-0.2, 0) is 22.5 Å². The summed E-state index contributed by atoms with van der Waals surface area (Å²) < 4.78 is 5.35. The van der Waals surface area contributed by atoms with E-state index in [4.69, 9.17) is 4.74 Å². The molecule has 0 bridgehead atoms. The Morgan fingerprint density at radius 3 is 3.00 bits per heavy atom. The van der Waals surface area contributed by atoms with Crippen LogP contribution in [0.1, 0.15) is 10.4 Å². The van der Waals surface area contributed by atoms with Crippen molar-refractivity contribution in [3.63, 3.8) is 0 Å². The lowest BCUT2D eigenvalue weighted by Gasteiger charge is -2.28. The Morgan fingerprint density at radius 1 is 1.36 bits per heavy atom. The molecule has 1 saturated heterocycles. The fraction of sp³-hybridized carbons (Fsp3) is 0.375. The average molecular weight is 317 g/mol. The van der Waals surface area contributed by atoms with E-state index in [1.54, 1.807) is 17.5 Å². The van der Waals surface area contributed by atoms with E-state index in [-0.39, 0.29) is 5.91 Å². The summed E-state index contributed by atoms with van der Waals surface area (Å²) in [7, 11) is 0. The van der Waals surface area contributed by atoms with Crippen LogP contribution >= 0.6 is 11.3 Å². The summed E-state index contributed by atoms with van der Waals surface area (Å²) in [6.45, 7) is 3.74. The number of pyridine rings is 1. The molecule has 1 aliphatic heterocycles. The molecular formula is C16H19N3O2S. The van der Waals surface area contributed by atoms with E-state index >= 15 is 0 Å². The molecule has 2 aromatic heterocycles. The number of hydrogen-bond acceptors (Lipinski definition) is 5. The van der Waals surface area contributed by atoms with Crippen LogP contribution in [0.2, 0.25) is 0 Å². The maximum Gasteiger partial charge on any atom is 0.225 e. The first-order chi connectivity index (χ1) is 10.8. The van der Waals surface area contributed by atoms with E-state index in [0.29, 0.717) is 13.0 Å². The van der Waals surface area contributed by atoms with E-state index in [9.17, 15) is 4.79 Å². The van der Waals surface area contributed by atoms with Gasteiger partial charge in [-0.2, -0.15) is 0 Å². The third-order valence-electron chi connectivity index (χ3n) is 3.55. The SMILES string of the molecule is O=C(Cc1cccs1)NCc1ccnc(N2CCOCC2)c1. The van der Waals surface area contributed by atoms with Gasteiger partial charge in [0.15, 0.2) is 0 Å². The summed E-state index contributed by atoms with van der Waals surface area (Å²) in [6.07, 6.45) is 2.24. The summed E-state index contributed by atoms with van der Waals surface area (Å²) in [5.41, 5.74) is 1.07. The second-order valence-corrected chi connectivity index (χ2v) is 6.19. The van der Waals surface area contributed by atoms with Gasteiger partial charge in [0, 0.05) is 30.7 Å². The van der Waals surface area contributed by atoms with Gasteiger partial charge in [-0.1, -0.05) is 6.07 Å². The lowest BCUT2D eigenvalue weighted by atomic mass is 10.2. The highest BCUT2D eigenvalue weighted by molar-refractivity contribution is 7.10. The number of hydrogen-bond donors (Lipinski definition) is 1. The zero-order valence-electron chi connectivity index (χ0n) is 12.3. The Kier molecular flexibility index (Phi) is 5.03. The molecule has 0 aliphatic carbocycles. The Labute approximate surface area is 133 Å². The molecule has 0 aromatic carbocycles. The minimum Gasteiger partial charge on any atom is -0.378 e. The molecule has 1 fully saturated rings. The van der Waals surface area contributed by atoms with Crippen molar-refractivity contribution < 1.29 is 9.53 Å². The fourth-order valence-electron chi connectivity index (χ4n) is 2.37. The van der Waals surface area contributed by atoms with Crippen molar-refractivity contribution in [3.8, 4) is 0 Å². The molecule has 116 valence electrons. The highest BCUT2D eigenvalue weighted by Crippen LogP contribution is 2.14. The van der Waals surface area contributed by atoms with Gasteiger partial charge < -0.3 is 15.0 Å². The number of carbonyl (C=O) groups is 1. The van der Waals surface area contributed by atoms with Crippen molar-refractivity contribution in [1.82, 2.24) is 10.3 Å². The number of nitrogens with zero attached hydrogens (tertiary/aromatic N) is 2. The molecule has 6 heteroatoms. The molecule has 0 spiro atoms. The molecule has 2 aromatic rings. The topological polar surface area (TPSA) is 54.5 Å². The van der Waals surface area contributed by atoms with E-state index in [1.807, 2.05) is 29.6 Å². The number of carbonyl (C=O) groups excluding carboxylic acids is 1. The number of morpholine rings is 1. The summed E-state index contributed by atoms with van der Waals surface area (Å²) in [6, 6.07) is 7.92. The number of amides is 1. The Morgan fingerprint density at radius 2 is 2.23 bits per heavy atom. The summed E-state index contributed by atoms with van der Waals surface area (Å²) in [5, 5.41) is 4.95. The lowest BCUT2D eigenvalue weighted by molar-refractivity contribution is -0.120. The van der Waals surface area contributed by atoms with E-state index < -0.39 is 0 Å². The molecule has 3 heterocycles. The smallest absolute Gasteiger partial charge is 0.225 e. The molecule has 5 nitrogen and oxygen atoms in total. The number of ether oxygens (including phenoxy) is 1. The normalized spacial score (nSPS) is 14.8. The van der Waals surface area contributed by atoms with Gasteiger partial charge in [0.05, 0.1) is 19.6 Å². The van der Waals surface area contributed by atoms with Crippen molar-refractivity contribution in [1.29, 1.82) is 0 Å². The highest BCUT2D eigenvalue weighted by Gasteiger charge is 2.12. The molecule has 0 unspecified atom stereocenters. The second-order valence-electron chi connectivity index (χ2n) is 5.15. The molecular weight excluding hydrogens is 298 g/mol. The first-order valence-corrected chi connectivity index (χ1v) is 8.26. The van der Waals surface area contributed by atoms with Gasteiger partial charge in [0.1, 0.15) is 5.82 Å². The average Bonchev–Trinajstić information content (AvgIpc) is 3.07. The predicted octanol–water partition coefficient (Wildman–Crippen LogP) is 1.84. The van der Waals surface area contributed by atoms with Gasteiger partial charge in [-0.15, -0.1) is 11.3 Å². The third-order valence-corrected chi connectivity index (χ3v) is 4.43. The van der Waals surface area contributed by atoms with Gasteiger partial charge in [0.2, 0.25) is 5.91 Å². The van der Waals surface area contributed by atoms with Crippen molar-refractivity contribution in [3.05, 3.63) is 46.3 Å². The summed E-state index contributed by atoms with van der Waals surface area (Å²) in [4.78, 5) is 19.6. The Hall–Kier alpha value is -1.92. The second kappa shape index (κ2) is 7.38. The van der Waals surface area contributed by atoms with Gasteiger partial charge in [-0.3, -0.25) is 4.79 Å². The van der Waals surface area contributed by atoms with Crippen LogP contribution < -0.4 is 10.2 Å². The number of anilines is 1. The zero-order chi connectivity index (χ0) is 15.2. The largest absolute Gasteiger partial charge is 0.378 e. The number of aromatic nitrogens is 1. The van der Waals surface area contributed by atoms with Crippen LogP contribution in [0.4, 0.5) is 5.82 Å². The molecule has 1 amide bonds. The Balaban J connectivity index is 1.54. The Bertz CT molecular complexity index is 610. The van der Waals surface area contributed by atoms with Gasteiger partial charge in [-0.25, -0.2) is 4.98 Å². The minimum atomic E-state index is 0.0483. The van der Waals surface area contributed by atoms with Crippen molar-refractivity contribution in [2.75, 3.05) is 31.2 Å². The number of thiophene rings is 1. The van der Waals surface area contributed by atoms with Crippen molar-refractivity contribution in [2.24, 2.45) is 0 Å². The van der Waals surface area contributed by atoms with Crippen LogP contribution in [0.3, 0.4) is 0 Å². The summed E-state index contributed by atoms with van der Waals surface area (Å²) in [5.74, 6) is 1.00. The van der Waals surface area contributed by atoms with Gasteiger partial charge in [0.25, 0.3) is 0 Å². The standard InChI is InChI=1S/C16H19N3O2S/c20-16(11-14-2-1-9-22-14)18-12-13-3-4-17-15(10-13)19-5-7-21-8-6-19/h1-4,9-10H,5-8,11-12H2,(H,18,20). The van der Waals surface area contributed by atoms with Crippen LogP contribution in [-0.4, -0.2) is 37.2 Å². The van der Waals surface area contributed by atoms with Crippen LogP contribution in [0.25, 0.3) is 0 Å². The molecule has 1 N–H and O–H groups in total. The van der Waals surface area contributed by atoms with Crippen LogP contribution in [0, 0.1) is 0 Å². The quantitative estimate of drug-likeness (QED) is 0.914. The first kappa shape index (κ1) is 15.0. The first-order valence-electron chi connectivity index (χ1n) is 7.38. The van der Waals surface area contributed by atoms with Gasteiger partial charge in [-0.05, 0) is 29.1 Å². The molecule has 0 atom stereocenters. The molecule has 3 rings (SSSR count). The summed E-state index contributed by atoms with van der Waals surface area (Å²) >= 11 is 1.60. The monoisotopic (exact) mass is 317 g/mol. The fourth-order valence-corrected chi connectivity index (χ4v) is 3.07. The predicted molar refractivity (Wildman–Crippen MR) is 87.1 cm³/mol. The number of rotatable bonds is 5. The number of nitrogens with one attached hydrogen (secondary N) is 1. The van der Waals surface area contributed by atoms with Crippen LogP contribution in [0.5, 0.6) is 0 Å². The lowest BCUT2D eigenvalue weighted by Crippen LogP contribution is -2.36. The van der Waals surface area contributed by atoms with Gasteiger partial charge >= 0.3 is 0 Å². The minimum absolute atomic E-state index is 0.0483. The molecule has 0 radical (unpaired) electrons. The molecule has 0 saturated carbocycles. The van der Waals surface area contributed by atoms with E-state index in [2.05, 4.69) is 15.2 Å². The maximum atomic E-state index is 11.9. The highest BCUT2D eigenvalue weighted by atomic mass is 32.1. The maximum absolute atomic E-state index is 11.9.